The summed E-state index contributed by atoms with van der Waals surface area (Å²) in [5, 5.41) is 11.0. The maximum atomic E-state index is 9.45. The fraction of sp³-hybridized carbons (Fsp3) is 0. The molecule has 0 unspecified atom stereocenters. The first kappa shape index (κ1) is 10.6. The molecular formula is C13H8ClNOS. The van der Waals surface area contributed by atoms with Crippen LogP contribution in [0.4, 0.5) is 0 Å². The van der Waals surface area contributed by atoms with E-state index in [-0.39, 0.29) is 5.75 Å². The minimum Gasteiger partial charge on any atom is -0.508 e. The Morgan fingerprint density at radius 2 is 1.94 bits per heavy atom. The number of nitrogens with zero attached hydrogens (tertiary/aromatic N) is 1. The number of aromatic hydroxyl groups is 1. The van der Waals surface area contributed by atoms with Crippen LogP contribution in [-0.2, 0) is 0 Å². The van der Waals surface area contributed by atoms with Gasteiger partial charge < -0.3 is 5.11 Å². The average molecular weight is 262 g/mol. The number of aromatic nitrogens is 1. The Kier molecular flexibility index (Phi) is 2.50. The van der Waals surface area contributed by atoms with Crippen molar-refractivity contribution in [2.24, 2.45) is 0 Å². The number of thiazole rings is 1. The van der Waals surface area contributed by atoms with E-state index >= 15 is 0 Å². The molecule has 1 heterocycles. The van der Waals surface area contributed by atoms with Crippen molar-refractivity contribution < 1.29 is 5.11 Å². The van der Waals surface area contributed by atoms with Crippen LogP contribution in [0.25, 0.3) is 20.8 Å². The van der Waals surface area contributed by atoms with Crippen LogP contribution in [0.15, 0.2) is 42.5 Å². The highest BCUT2D eigenvalue weighted by Gasteiger charge is 2.08. The average Bonchev–Trinajstić information content (AvgIpc) is 2.74. The number of hydrogen-bond acceptors (Lipinski definition) is 3. The van der Waals surface area contributed by atoms with Gasteiger partial charge in [-0.3, -0.25) is 0 Å². The van der Waals surface area contributed by atoms with Crippen LogP contribution >= 0.6 is 22.9 Å². The van der Waals surface area contributed by atoms with E-state index in [0.717, 1.165) is 20.8 Å². The van der Waals surface area contributed by atoms with E-state index in [1.807, 2.05) is 24.3 Å². The van der Waals surface area contributed by atoms with Gasteiger partial charge in [0.25, 0.3) is 0 Å². The highest BCUT2D eigenvalue weighted by Crippen LogP contribution is 2.35. The molecule has 2 aromatic carbocycles. The number of phenolic OH excluding ortho intramolecular Hbond substituents is 1. The summed E-state index contributed by atoms with van der Waals surface area (Å²) in [5.74, 6) is 0.243. The Morgan fingerprint density at radius 3 is 2.71 bits per heavy atom. The minimum atomic E-state index is 0.243. The van der Waals surface area contributed by atoms with Crippen LogP contribution in [0.2, 0.25) is 5.02 Å². The Morgan fingerprint density at radius 1 is 1.12 bits per heavy atom. The van der Waals surface area contributed by atoms with Crippen molar-refractivity contribution in [3.05, 3.63) is 47.5 Å². The maximum Gasteiger partial charge on any atom is 0.124 e. The second kappa shape index (κ2) is 4.02. The zero-order chi connectivity index (χ0) is 11.8. The zero-order valence-electron chi connectivity index (χ0n) is 8.72. The number of halogens is 1. The molecule has 0 aliphatic heterocycles. The van der Waals surface area contributed by atoms with Crippen molar-refractivity contribution in [1.29, 1.82) is 0 Å². The molecule has 1 N–H and O–H groups in total. The summed E-state index contributed by atoms with van der Waals surface area (Å²) in [6.45, 7) is 0. The summed E-state index contributed by atoms with van der Waals surface area (Å²) >= 11 is 7.64. The summed E-state index contributed by atoms with van der Waals surface area (Å²) in [6.07, 6.45) is 0. The lowest BCUT2D eigenvalue weighted by Gasteiger charge is -1.95. The third kappa shape index (κ3) is 1.88. The number of benzene rings is 2. The van der Waals surface area contributed by atoms with Gasteiger partial charge >= 0.3 is 0 Å². The Labute approximate surface area is 107 Å². The molecule has 3 rings (SSSR count). The molecule has 0 fully saturated rings. The molecule has 0 spiro atoms. The molecule has 0 aliphatic rings. The quantitative estimate of drug-likeness (QED) is 0.708. The molecule has 2 nitrogen and oxygen atoms in total. The van der Waals surface area contributed by atoms with Crippen LogP contribution < -0.4 is 0 Å². The minimum absolute atomic E-state index is 0.243. The smallest absolute Gasteiger partial charge is 0.124 e. The lowest BCUT2D eigenvalue weighted by molar-refractivity contribution is 0.475. The van der Waals surface area contributed by atoms with E-state index in [1.165, 1.54) is 11.3 Å². The summed E-state index contributed by atoms with van der Waals surface area (Å²) in [4.78, 5) is 4.51. The van der Waals surface area contributed by atoms with Gasteiger partial charge in [0.05, 0.1) is 15.2 Å². The first-order chi connectivity index (χ1) is 8.24. The molecule has 3 aromatic rings. The van der Waals surface area contributed by atoms with E-state index in [1.54, 1.807) is 18.2 Å². The highest BCUT2D eigenvalue weighted by atomic mass is 35.5. The van der Waals surface area contributed by atoms with Crippen LogP contribution in [0.3, 0.4) is 0 Å². The van der Waals surface area contributed by atoms with E-state index in [4.69, 9.17) is 11.6 Å². The van der Waals surface area contributed by atoms with Crippen molar-refractivity contribution in [2.75, 3.05) is 0 Å². The standard InChI is InChI=1S/C13H8ClNOS/c14-10-5-2-6-11-12(10)17-13(15-11)8-3-1-4-9(16)7-8/h1-7,16H. The first-order valence-electron chi connectivity index (χ1n) is 5.08. The number of hydrogen-bond donors (Lipinski definition) is 1. The molecule has 84 valence electrons. The summed E-state index contributed by atoms with van der Waals surface area (Å²) in [7, 11) is 0. The molecule has 17 heavy (non-hydrogen) atoms. The van der Waals surface area contributed by atoms with Crippen molar-refractivity contribution in [1.82, 2.24) is 4.98 Å². The molecule has 0 saturated heterocycles. The second-order valence-corrected chi connectivity index (χ2v) is 5.06. The van der Waals surface area contributed by atoms with Crippen molar-refractivity contribution in [3.8, 4) is 16.3 Å². The molecule has 0 atom stereocenters. The highest BCUT2D eigenvalue weighted by molar-refractivity contribution is 7.22. The topological polar surface area (TPSA) is 33.1 Å². The molecule has 0 saturated carbocycles. The second-order valence-electron chi connectivity index (χ2n) is 3.66. The SMILES string of the molecule is Oc1cccc(-c2nc3cccc(Cl)c3s2)c1. The first-order valence-corrected chi connectivity index (χ1v) is 6.28. The monoisotopic (exact) mass is 261 g/mol. The van der Waals surface area contributed by atoms with Gasteiger partial charge in [-0.25, -0.2) is 4.98 Å². The largest absolute Gasteiger partial charge is 0.508 e. The predicted molar refractivity (Wildman–Crippen MR) is 71.7 cm³/mol. The third-order valence-electron chi connectivity index (χ3n) is 2.46. The van der Waals surface area contributed by atoms with Gasteiger partial charge in [0, 0.05) is 5.56 Å². The van der Waals surface area contributed by atoms with Gasteiger partial charge in [0.15, 0.2) is 0 Å². The third-order valence-corrected chi connectivity index (χ3v) is 4.04. The van der Waals surface area contributed by atoms with Gasteiger partial charge in [-0.2, -0.15) is 0 Å². The summed E-state index contributed by atoms with van der Waals surface area (Å²) in [6, 6.07) is 12.7. The van der Waals surface area contributed by atoms with Gasteiger partial charge in [-0.15, -0.1) is 11.3 Å². The fourth-order valence-corrected chi connectivity index (χ4v) is 2.93. The summed E-state index contributed by atoms with van der Waals surface area (Å²) < 4.78 is 0.979. The van der Waals surface area contributed by atoms with Crippen LogP contribution in [0.5, 0.6) is 5.75 Å². The van der Waals surface area contributed by atoms with E-state index < -0.39 is 0 Å². The number of rotatable bonds is 1. The van der Waals surface area contributed by atoms with Gasteiger partial charge in [-0.1, -0.05) is 29.8 Å². The zero-order valence-corrected chi connectivity index (χ0v) is 10.3. The van der Waals surface area contributed by atoms with E-state index in [9.17, 15) is 5.11 Å². The van der Waals surface area contributed by atoms with E-state index in [0.29, 0.717) is 5.02 Å². The summed E-state index contributed by atoms with van der Waals surface area (Å²) in [5.41, 5.74) is 1.79. The normalized spacial score (nSPS) is 10.9. The number of fused-ring (bicyclic) bond motifs is 1. The van der Waals surface area contributed by atoms with Crippen LogP contribution in [-0.4, -0.2) is 10.1 Å². The molecule has 0 radical (unpaired) electrons. The van der Waals surface area contributed by atoms with Crippen molar-refractivity contribution >= 4 is 33.2 Å². The lowest BCUT2D eigenvalue weighted by Crippen LogP contribution is -1.74. The van der Waals surface area contributed by atoms with Gasteiger partial charge in [0.1, 0.15) is 10.8 Å². The number of phenols is 1. The van der Waals surface area contributed by atoms with Gasteiger partial charge in [-0.05, 0) is 24.3 Å². The lowest BCUT2D eigenvalue weighted by atomic mass is 10.2. The van der Waals surface area contributed by atoms with Crippen LogP contribution in [0, 0.1) is 0 Å². The van der Waals surface area contributed by atoms with Crippen molar-refractivity contribution in [2.45, 2.75) is 0 Å². The van der Waals surface area contributed by atoms with Gasteiger partial charge in [0.2, 0.25) is 0 Å². The molecule has 0 aliphatic carbocycles. The van der Waals surface area contributed by atoms with E-state index in [2.05, 4.69) is 4.98 Å². The van der Waals surface area contributed by atoms with Crippen LogP contribution in [0.1, 0.15) is 0 Å². The Balaban J connectivity index is 2.22. The maximum absolute atomic E-state index is 9.45. The molecule has 4 heteroatoms. The predicted octanol–water partition coefficient (Wildman–Crippen LogP) is 4.32. The molecule has 0 bridgehead atoms. The Bertz CT molecular complexity index is 693. The molecule has 1 aromatic heterocycles. The molecular weight excluding hydrogens is 254 g/mol. The van der Waals surface area contributed by atoms with Crippen molar-refractivity contribution in [3.63, 3.8) is 0 Å². The Hall–Kier alpha value is -1.58. The fourth-order valence-electron chi connectivity index (χ4n) is 1.68. The molecule has 0 amide bonds.